The molecule has 0 fully saturated rings. The first-order chi connectivity index (χ1) is 11.8. The number of furan rings is 1. The molecule has 2 nitrogen and oxygen atoms in total. The SMILES string of the molecule is COc1ccc(-c2oc(-c3cccs3)cc2-c2ccccc2)cc1. The molecule has 0 aliphatic carbocycles. The molecular formula is C21H16O2S. The molecule has 0 amide bonds. The summed E-state index contributed by atoms with van der Waals surface area (Å²) >= 11 is 1.68. The molecule has 4 rings (SSSR count). The molecule has 0 N–H and O–H groups in total. The Morgan fingerprint density at radius 2 is 1.62 bits per heavy atom. The van der Waals surface area contributed by atoms with Crippen LogP contribution in [-0.2, 0) is 0 Å². The highest BCUT2D eigenvalue weighted by Gasteiger charge is 2.16. The highest BCUT2D eigenvalue weighted by atomic mass is 32.1. The number of thiophene rings is 1. The zero-order valence-electron chi connectivity index (χ0n) is 13.2. The predicted octanol–water partition coefficient (Wildman–Crippen LogP) is 6.35. The molecule has 2 aromatic carbocycles. The summed E-state index contributed by atoms with van der Waals surface area (Å²) in [6.45, 7) is 0. The molecule has 0 saturated heterocycles. The topological polar surface area (TPSA) is 22.4 Å². The predicted molar refractivity (Wildman–Crippen MR) is 99.4 cm³/mol. The van der Waals surface area contributed by atoms with Crippen molar-refractivity contribution in [2.45, 2.75) is 0 Å². The number of hydrogen-bond acceptors (Lipinski definition) is 3. The van der Waals surface area contributed by atoms with Gasteiger partial charge >= 0.3 is 0 Å². The zero-order valence-corrected chi connectivity index (χ0v) is 14.0. The van der Waals surface area contributed by atoms with Crippen LogP contribution in [0.2, 0.25) is 0 Å². The Balaban J connectivity index is 1.87. The minimum Gasteiger partial charge on any atom is -0.497 e. The molecule has 0 atom stereocenters. The highest BCUT2D eigenvalue weighted by Crippen LogP contribution is 2.40. The van der Waals surface area contributed by atoms with E-state index in [-0.39, 0.29) is 0 Å². The van der Waals surface area contributed by atoms with E-state index in [0.29, 0.717) is 0 Å². The third kappa shape index (κ3) is 2.74. The molecule has 0 aliphatic heterocycles. The molecule has 2 aromatic heterocycles. The van der Waals surface area contributed by atoms with Crippen molar-refractivity contribution in [3.63, 3.8) is 0 Å². The summed E-state index contributed by atoms with van der Waals surface area (Å²) in [5.41, 5.74) is 3.29. The largest absolute Gasteiger partial charge is 0.497 e. The Labute approximate surface area is 145 Å². The Morgan fingerprint density at radius 3 is 2.29 bits per heavy atom. The average molecular weight is 332 g/mol. The van der Waals surface area contributed by atoms with Gasteiger partial charge in [0.15, 0.2) is 0 Å². The van der Waals surface area contributed by atoms with E-state index in [2.05, 4.69) is 29.6 Å². The number of ether oxygens (including phenoxy) is 1. The van der Waals surface area contributed by atoms with Gasteiger partial charge in [-0.05, 0) is 47.3 Å². The maximum atomic E-state index is 6.24. The van der Waals surface area contributed by atoms with Crippen LogP contribution >= 0.6 is 11.3 Å². The quantitative estimate of drug-likeness (QED) is 0.434. The van der Waals surface area contributed by atoms with E-state index >= 15 is 0 Å². The summed E-state index contributed by atoms with van der Waals surface area (Å²) in [7, 11) is 1.67. The second-order valence-corrected chi connectivity index (χ2v) is 6.37. The van der Waals surface area contributed by atoms with Gasteiger partial charge in [-0.3, -0.25) is 0 Å². The fraction of sp³-hybridized carbons (Fsp3) is 0.0476. The van der Waals surface area contributed by atoms with Crippen molar-refractivity contribution in [1.29, 1.82) is 0 Å². The van der Waals surface area contributed by atoms with Gasteiger partial charge in [0, 0.05) is 11.1 Å². The first-order valence-electron chi connectivity index (χ1n) is 7.73. The van der Waals surface area contributed by atoms with Gasteiger partial charge in [0.2, 0.25) is 0 Å². The summed E-state index contributed by atoms with van der Waals surface area (Å²) in [6.07, 6.45) is 0. The lowest BCUT2D eigenvalue weighted by molar-refractivity contribution is 0.415. The summed E-state index contributed by atoms with van der Waals surface area (Å²) in [5.74, 6) is 2.62. The van der Waals surface area contributed by atoms with E-state index in [9.17, 15) is 0 Å². The Bertz CT molecular complexity index is 920. The molecule has 0 saturated carbocycles. The van der Waals surface area contributed by atoms with Gasteiger partial charge in [-0.1, -0.05) is 36.4 Å². The van der Waals surface area contributed by atoms with Gasteiger partial charge in [-0.15, -0.1) is 11.3 Å². The van der Waals surface area contributed by atoms with E-state index in [1.165, 1.54) is 0 Å². The zero-order chi connectivity index (χ0) is 16.4. The van der Waals surface area contributed by atoms with Crippen molar-refractivity contribution in [2.75, 3.05) is 7.11 Å². The van der Waals surface area contributed by atoms with Gasteiger partial charge in [-0.2, -0.15) is 0 Å². The molecule has 0 spiro atoms. The first kappa shape index (κ1) is 14.8. The van der Waals surface area contributed by atoms with E-state index in [4.69, 9.17) is 9.15 Å². The van der Waals surface area contributed by atoms with Gasteiger partial charge in [0.1, 0.15) is 17.3 Å². The third-order valence-electron chi connectivity index (χ3n) is 3.93. The van der Waals surface area contributed by atoms with Gasteiger partial charge < -0.3 is 9.15 Å². The first-order valence-corrected chi connectivity index (χ1v) is 8.60. The van der Waals surface area contributed by atoms with Crippen molar-refractivity contribution in [1.82, 2.24) is 0 Å². The van der Waals surface area contributed by atoms with Crippen LogP contribution in [0.1, 0.15) is 0 Å². The van der Waals surface area contributed by atoms with Crippen molar-refractivity contribution < 1.29 is 9.15 Å². The van der Waals surface area contributed by atoms with Crippen LogP contribution in [0.4, 0.5) is 0 Å². The monoisotopic (exact) mass is 332 g/mol. The highest BCUT2D eigenvalue weighted by molar-refractivity contribution is 7.13. The lowest BCUT2D eigenvalue weighted by atomic mass is 10.0. The molecule has 3 heteroatoms. The second-order valence-electron chi connectivity index (χ2n) is 5.43. The minimum atomic E-state index is 0.838. The molecule has 0 radical (unpaired) electrons. The molecule has 24 heavy (non-hydrogen) atoms. The number of hydrogen-bond donors (Lipinski definition) is 0. The van der Waals surface area contributed by atoms with Crippen molar-refractivity contribution >= 4 is 11.3 Å². The average Bonchev–Trinajstić information content (AvgIpc) is 3.32. The van der Waals surface area contributed by atoms with Crippen LogP contribution < -0.4 is 4.74 Å². The fourth-order valence-corrected chi connectivity index (χ4v) is 3.40. The van der Waals surface area contributed by atoms with E-state index in [1.807, 2.05) is 48.5 Å². The Hall–Kier alpha value is -2.78. The molecule has 2 heterocycles. The summed E-state index contributed by atoms with van der Waals surface area (Å²) < 4.78 is 11.5. The number of methoxy groups -OCH3 is 1. The molecule has 0 bridgehead atoms. The molecule has 0 unspecified atom stereocenters. The van der Waals surface area contributed by atoms with E-state index < -0.39 is 0 Å². The Morgan fingerprint density at radius 1 is 0.833 bits per heavy atom. The van der Waals surface area contributed by atoms with Crippen molar-refractivity contribution in [2.24, 2.45) is 0 Å². The van der Waals surface area contributed by atoms with Crippen LogP contribution in [0.15, 0.2) is 82.6 Å². The maximum absolute atomic E-state index is 6.24. The molecule has 118 valence electrons. The lowest BCUT2D eigenvalue weighted by Crippen LogP contribution is -1.83. The van der Waals surface area contributed by atoms with E-state index in [1.54, 1.807) is 18.4 Å². The normalized spacial score (nSPS) is 10.7. The summed E-state index contributed by atoms with van der Waals surface area (Å²) in [5, 5.41) is 2.06. The van der Waals surface area contributed by atoms with Crippen LogP contribution in [0.25, 0.3) is 33.1 Å². The van der Waals surface area contributed by atoms with Gasteiger partial charge in [0.25, 0.3) is 0 Å². The van der Waals surface area contributed by atoms with Crippen LogP contribution in [-0.4, -0.2) is 7.11 Å². The molecule has 0 aliphatic rings. The third-order valence-corrected chi connectivity index (χ3v) is 4.82. The lowest BCUT2D eigenvalue weighted by Gasteiger charge is -2.04. The smallest absolute Gasteiger partial charge is 0.145 e. The molecule has 4 aromatic rings. The summed E-state index contributed by atoms with van der Waals surface area (Å²) in [6, 6.07) is 24.5. The number of rotatable bonds is 4. The van der Waals surface area contributed by atoms with Crippen LogP contribution in [0.5, 0.6) is 5.75 Å². The minimum absolute atomic E-state index is 0.838. The van der Waals surface area contributed by atoms with Crippen molar-refractivity contribution in [3.8, 4) is 38.8 Å². The van der Waals surface area contributed by atoms with E-state index in [0.717, 1.165) is 38.8 Å². The van der Waals surface area contributed by atoms with Gasteiger partial charge in [0.05, 0.1) is 12.0 Å². The van der Waals surface area contributed by atoms with Gasteiger partial charge in [-0.25, -0.2) is 0 Å². The fourth-order valence-electron chi connectivity index (χ4n) is 2.72. The van der Waals surface area contributed by atoms with Crippen molar-refractivity contribution in [3.05, 3.63) is 78.2 Å². The molecular weight excluding hydrogens is 316 g/mol. The number of benzene rings is 2. The summed E-state index contributed by atoms with van der Waals surface area (Å²) in [4.78, 5) is 1.13. The Kier molecular flexibility index (Phi) is 3.93. The van der Waals surface area contributed by atoms with Crippen LogP contribution in [0.3, 0.4) is 0 Å². The van der Waals surface area contributed by atoms with Crippen LogP contribution in [0, 0.1) is 0 Å². The maximum Gasteiger partial charge on any atom is 0.145 e. The second kappa shape index (κ2) is 6.38. The standard InChI is InChI=1S/C21H16O2S/c1-22-17-11-9-16(10-12-17)21-18(15-6-3-2-4-7-15)14-19(23-21)20-8-5-13-24-20/h2-14H,1H3.